The van der Waals surface area contributed by atoms with Gasteiger partial charge in [0.1, 0.15) is 0 Å². The van der Waals surface area contributed by atoms with E-state index in [2.05, 4.69) is 58.3 Å². The highest BCUT2D eigenvalue weighted by molar-refractivity contribution is 9.10. The van der Waals surface area contributed by atoms with Crippen molar-refractivity contribution in [3.8, 4) is 0 Å². The fourth-order valence-electron chi connectivity index (χ4n) is 3.86. The molecule has 0 aromatic heterocycles. The number of halogens is 1. The third kappa shape index (κ3) is 3.10. The molecule has 0 radical (unpaired) electrons. The van der Waals surface area contributed by atoms with Crippen molar-refractivity contribution in [2.24, 2.45) is 5.92 Å². The quantitative estimate of drug-likeness (QED) is 0.901. The number of nitrogens with one attached hydrogen (secondary N) is 1. The number of aryl methyl sites for hydroxylation is 1. The molecule has 0 amide bonds. The van der Waals surface area contributed by atoms with Crippen LogP contribution >= 0.6 is 15.9 Å². The zero-order valence-corrected chi connectivity index (χ0v) is 14.1. The summed E-state index contributed by atoms with van der Waals surface area (Å²) < 4.78 is 1.22. The summed E-state index contributed by atoms with van der Waals surface area (Å²) in [6.07, 6.45) is 5.61. The molecular formula is C17H25BrN2. The van der Waals surface area contributed by atoms with Gasteiger partial charge in [-0.3, -0.25) is 0 Å². The summed E-state index contributed by atoms with van der Waals surface area (Å²) in [6.45, 7) is 4.29. The number of hydrogen-bond acceptors (Lipinski definition) is 2. The van der Waals surface area contributed by atoms with E-state index in [1.807, 2.05) is 0 Å². The fourth-order valence-corrected chi connectivity index (χ4v) is 4.28. The van der Waals surface area contributed by atoms with E-state index in [1.54, 1.807) is 0 Å². The van der Waals surface area contributed by atoms with E-state index >= 15 is 0 Å². The van der Waals surface area contributed by atoms with Gasteiger partial charge >= 0.3 is 0 Å². The van der Waals surface area contributed by atoms with Gasteiger partial charge in [0.25, 0.3) is 0 Å². The topological polar surface area (TPSA) is 15.3 Å². The molecule has 20 heavy (non-hydrogen) atoms. The number of piperidine rings is 1. The number of nitrogens with zero attached hydrogens (tertiary/aromatic N) is 1. The van der Waals surface area contributed by atoms with Crippen LogP contribution < -0.4 is 5.32 Å². The van der Waals surface area contributed by atoms with Gasteiger partial charge < -0.3 is 10.2 Å². The number of benzene rings is 1. The monoisotopic (exact) mass is 336 g/mol. The van der Waals surface area contributed by atoms with Gasteiger partial charge in [0.2, 0.25) is 0 Å². The lowest BCUT2D eigenvalue weighted by Crippen LogP contribution is -2.42. The van der Waals surface area contributed by atoms with Crippen LogP contribution in [-0.2, 0) is 6.54 Å². The molecule has 0 spiro atoms. The first-order chi connectivity index (χ1) is 9.63. The summed E-state index contributed by atoms with van der Waals surface area (Å²) >= 11 is 3.61. The first-order valence-corrected chi connectivity index (χ1v) is 8.60. The largest absolute Gasteiger partial charge is 0.312 e. The molecule has 2 nitrogen and oxygen atoms in total. The average molecular weight is 337 g/mol. The molecule has 0 saturated carbocycles. The molecule has 2 unspecified atom stereocenters. The lowest BCUT2D eigenvalue weighted by Gasteiger charge is -2.36. The molecule has 2 bridgehead atoms. The van der Waals surface area contributed by atoms with Crippen LogP contribution in [0.2, 0.25) is 0 Å². The van der Waals surface area contributed by atoms with Gasteiger partial charge in [-0.1, -0.05) is 28.1 Å². The smallest absolute Gasteiger partial charge is 0.0207 e. The van der Waals surface area contributed by atoms with Gasteiger partial charge in [-0.15, -0.1) is 0 Å². The Balaban J connectivity index is 1.47. The second kappa shape index (κ2) is 6.17. The minimum atomic E-state index is 0.856. The Bertz CT molecular complexity index is 460. The molecule has 2 saturated heterocycles. The van der Waals surface area contributed by atoms with Crippen LogP contribution in [0.15, 0.2) is 22.7 Å². The van der Waals surface area contributed by atoms with Gasteiger partial charge in [0.15, 0.2) is 0 Å². The lowest BCUT2D eigenvalue weighted by atomic mass is 9.91. The Kier molecular flexibility index (Phi) is 4.49. The molecule has 110 valence electrons. The van der Waals surface area contributed by atoms with Crippen LogP contribution in [0.1, 0.15) is 36.8 Å². The molecule has 1 aromatic rings. The van der Waals surface area contributed by atoms with Crippen LogP contribution in [0.4, 0.5) is 0 Å². The normalized spacial score (nSPS) is 29.9. The van der Waals surface area contributed by atoms with Crippen LogP contribution in [0.3, 0.4) is 0 Å². The van der Waals surface area contributed by atoms with E-state index in [1.165, 1.54) is 47.8 Å². The molecule has 2 heterocycles. The van der Waals surface area contributed by atoms with Crippen molar-refractivity contribution < 1.29 is 0 Å². The van der Waals surface area contributed by atoms with E-state index in [-0.39, 0.29) is 0 Å². The summed E-state index contributed by atoms with van der Waals surface area (Å²) in [4.78, 5) is 2.62. The molecule has 2 atom stereocenters. The zero-order valence-electron chi connectivity index (χ0n) is 12.5. The molecular weight excluding hydrogens is 312 g/mol. The van der Waals surface area contributed by atoms with E-state index in [9.17, 15) is 0 Å². The highest BCUT2D eigenvalue weighted by Crippen LogP contribution is 2.37. The molecule has 1 N–H and O–H groups in total. The van der Waals surface area contributed by atoms with E-state index in [0.29, 0.717) is 0 Å². The van der Waals surface area contributed by atoms with Gasteiger partial charge in [-0.2, -0.15) is 0 Å². The Labute approximate surface area is 131 Å². The maximum absolute atomic E-state index is 3.66. The molecule has 2 aliphatic heterocycles. The fraction of sp³-hybridized carbons (Fsp3) is 0.647. The van der Waals surface area contributed by atoms with Gasteiger partial charge in [-0.25, -0.2) is 0 Å². The maximum Gasteiger partial charge on any atom is 0.0207 e. The van der Waals surface area contributed by atoms with E-state index < -0.39 is 0 Å². The Morgan fingerprint density at radius 1 is 1.25 bits per heavy atom. The average Bonchev–Trinajstić information content (AvgIpc) is 2.65. The summed E-state index contributed by atoms with van der Waals surface area (Å²) in [7, 11) is 2.32. The van der Waals surface area contributed by atoms with Crippen molar-refractivity contribution in [2.45, 2.75) is 51.2 Å². The van der Waals surface area contributed by atoms with Crippen molar-refractivity contribution in [1.82, 2.24) is 10.2 Å². The van der Waals surface area contributed by atoms with Gasteiger partial charge in [0, 0.05) is 23.1 Å². The highest BCUT2D eigenvalue weighted by Gasteiger charge is 2.37. The van der Waals surface area contributed by atoms with Crippen molar-refractivity contribution in [2.75, 3.05) is 13.6 Å². The first-order valence-electron chi connectivity index (χ1n) is 7.81. The lowest BCUT2D eigenvalue weighted by molar-refractivity contribution is 0.133. The summed E-state index contributed by atoms with van der Waals surface area (Å²) in [5.74, 6) is 0.873. The standard InChI is InChI=1S/C17H25BrN2/c1-12-3-4-13(9-17(12)18)10-19-11-14-7-15-5-6-16(8-14)20(15)2/h3-4,9,14-16,19H,5-8,10-11H2,1-2H3. The minimum Gasteiger partial charge on any atom is -0.312 e. The van der Waals surface area contributed by atoms with Crippen LogP contribution in [0, 0.1) is 12.8 Å². The molecule has 3 heteroatoms. The summed E-state index contributed by atoms with van der Waals surface area (Å²) in [5, 5.41) is 3.66. The molecule has 1 aromatic carbocycles. The maximum atomic E-state index is 3.66. The summed E-state index contributed by atoms with van der Waals surface area (Å²) in [6, 6.07) is 8.37. The Morgan fingerprint density at radius 3 is 2.60 bits per heavy atom. The van der Waals surface area contributed by atoms with Crippen molar-refractivity contribution in [3.63, 3.8) is 0 Å². The minimum absolute atomic E-state index is 0.856. The number of hydrogen-bond donors (Lipinski definition) is 1. The first kappa shape index (κ1) is 14.6. The van der Waals surface area contributed by atoms with Gasteiger partial charge in [0.05, 0.1) is 0 Å². The molecule has 2 aliphatic rings. The van der Waals surface area contributed by atoms with Crippen LogP contribution in [-0.4, -0.2) is 30.6 Å². The highest BCUT2D eigenvalue weighted by atomic mass is 79.9. The predicted molar refractivity (Wildman–Crippen MR) is 87.9 cm³/mol. The van der Waals surface area contributed by atoms with Gasteiger partial charge in [-0.05, 0) is 69.3 Å². The molecule has 2 fully saturated rings. The third-order valence-electron chi connectivity index (χ3n) is 5.19. The van der Waals surface area contributed by atoms with Crippen molar-refractivity contribution in [1.29, 1.82) is 0 Å². The number of fused-ring (bicyclic) bond motifs is 2. The predicted octanol–water partition coefficient (Wildman–Crippen LogP) is 3.72. The van der Waals surface area contributed by atoms with Crippen LogP contribution in [0.25, 0.3) is 0 Å². The Morgan fingerprint density at radius 2 is 1.95 bits per heavy atom. The molecule has 0 aliphatic carbocycles. The second-order valence-electron chi connectivity index (χ2n) is 6.60. The van der Waals surface area contributed by atoms with E-state index in [4.69, 9.17) is 0 Å². The summed E-state index contributed by atoms with van der Waals surface area (Å²) in [5.41, 5.74) is 2.68. The molecule has 3 rings (SSSR count). The Hall–Kier alpha value is -0.380. The van der Waals surface area contributed by atoms with E-state index in [0.717, 1.165) is 24.5 Å². The number of rotatable bonds is 4. The van der Waals surface area contributed by atoms with Crippen molar-refractivity contribution >= 4 is 15.9 Å². The van der Waals surface area contributed by atoms with Crippen LogP contribution in [0.5, 0.6) is 0 Å². The second-order valence-corrected chi connectivity index (χ2v) is 7.46. The zero-order chi connectivity index (χ0) is 14.1. The third-order valence-corrected chi connectivity index (χ3v) is 6.05. The SMILES string of the molecule is Cc1ccc(CNCC2CC3CCC(C2)N3C)cc1Br. The van der Waals surface area contributed by atoms with Crippen molar-refractivity contribution in [3.05, 3.63) is 33.8 Å².